The molecule has 0 bridgehead atoms. The molecule has 0 saturated carbocycles. The highest BCUT2D eigenvalue weighted by molar-refractivity contribution is 9.10. The van der Waals surface area contributed by atoms with Crippen LogP contribution >= 0.6 is 15.9 Å². The lowest BCUT2D eigenvalue weighted by atomic mass is 9.86. The van der Waals surface area contributed by atoms with Crippen molar-refractivity contribution in [3.05, 3.63) is 32.3 Å². The maximum absolute atomic E-state index is 10.8. The predicted molar refractivity (Wildman–Crippen MR) is 61.2 cm³/mol. The molecule has 0 radical (unpaired) electrons. The first-order valence-corrected chi connectivity index (χ1v) is 4.70. The lowest BCUT2D eigenvalue weighted by Crippen LogP contribution is -2.11. The first kappa shape index (κ1) is 5.84. The number of rotatable bonds is 1. The molecule has 0 aliphatic rings. The standard InChI is InChI=1S/C10H12BrNO3/c1-10(2,3)6-4-7(11)8(12(14)15)5-9(6)13/h4-5,13H,1-3H3/i1D3,2D3. The van der Waals surface area contributed by atoms with Crippen LogP contribution in [0.4, 0.5) is 5.69 Å². The van der Waals surface area contributed by atoms with E-state index in [9.17, 15) is 15.2 Å². The summed E-state index contributed by atoms with van der Waals surface area (Å²) in [6.45, 7) is -4.93. The van der Waals surface area contributed by atoms with Crippen molar-refractivity contribution in [1.29, 1.82) is 0 Å². The zero-order valence-corrected chi connectivity index (χ0v) is 9.33. The van der Waals surface area contributed by atoms with Crippen molar-refractivity contribution in [2.24, 2.45) is 0 Å². The summed E-state index contributed by atoms with van der Waals surface area (Å²) in [7, 11) is 0. The Morgan fingerprint density at radius 3 is 2.67 bits per heavy atom. The van der Waals surface area contributed by atoms with Crippen molar-refractivity contribution < 1.29 is 18.3 Å². The molecule has 82 valence electrons. The van der Waals surface area contributed by atoms with E-state index in [-0.39, 0.29) is 4.47 Å². The zero-order chi connectivity index (χ0) is 16.8. The summed E-state index contributed by atoms with van der Waals surface area (Å²) < 4.78 is 44.9. The summed E-state index contributed by atoms with van der Waals surface area (Å²) in [5.74, 6) is -0.750. The predicted octanol–water partition coefficient (Wildman–Crippen LogP) is 3.36. The number of phenols is 1. The van der Waals surface area contributed by atoms with Gasteiger partial charge in [0.25, 0.3) is 5.69 Å². The van der Waals surface area contributed by atoms with Crippen molar-refractivity contribution >= 4 is 21.6 Å². The number of hydrogen-bond donors (Lipinski definition) is 1. The van der Waals surface area contributed by atoms with Crippen LogP contribution in [-0.2, 0) is 5.41 Å². The largest absolute Gasteiger partial charge is 0.507 e. The second-order valence-electron chi connectivity index (χ2n) is 3.20. The molecule has 1 rings (SSSR count). The van der Waals surface area contributed by atoms with Crippen molar-refractivity contribution in [2.45, 2.75) is 26.0 Å². The van der Waals surface area contributed by atoms with Crippen molar-refractivity contribution in [2.75, 3.05) is 0 Å². The molecule has 0 aromatic heterocycles. The monoisotopic (exact) mass is 279 g/mol. The van der Waals surface area contributed by atoms with Crippen LogP contribution in [-0.4, -0.2) is 10.0 Å². The van der Waals surface area contributed by atoms with Crippen molar-refractivity contribution in [3.8, 4) is 5.75 Å². The number of aromatic hydroxyl groups is 1. The second-order valence-corrected chi connectivity index (χ2v) is 4.06. The highest BCUT2D eigenvalue weighted by atomic mass is 79.9. The van der Waals surface area contributed by atoms with Crippen molar-refractivity contribution in [1.82, 2.24) is 0 Å². The maximum atomic E-state index is 10.8. The Balaban J connectivity index is 3.71. The summed E-state index contributed by atoms with van der Waals surface area (Å²) in [5.41, 5.74) is -3.27. The van der Waals surface area contributed by atoms with Crippen LogP contribution in [0.5, 0.6) is 5.75 Å². The highest BCUT2D eigenvalue weighted by Gasteiger charge is 2.23. The zero-order valence-electron chi connectivity index (χ0n) is 13.7. The third-order valence-electron chi connectivity index (χ3n) is 1.80. The summed E-state index contributed by atoms with van der Waals surface area (Å²) in [6.07, 6.45) is 0. The molecule has 0 aliphatic carbocycles. The number of nitro groups is 1. The van der Waals surface area contributed by atoms with Crippen LogP contribution in [0.1, 0.15) is 34.4 Å². The van der Waals surface area contributed by atoms with Gasteiger partial charge in [-0.2, -0.15) is 0 Å². The second kappa shape index (κ2) is 3.81. The van der Waals surface area contributed by atoms with Crippen molar-refractivity contribution in [3.63, 3.8) is 0 Å². The molecule has 1 N–H and O–H groups in total. The van der Waals surface area contributed by atoms with Crippen LogP contribution in [0.3, 0.4) is 0 Å². The van der Waals surface area contributed by atoms with Crippen LogP contribution in [0.25, 0.3) is 0 Å². The molecule has 1 aromatic carbocycles. The van der Waals surface area contributed by atoms with Gasteiger partial charge in [-0.1, -0.05) is 20.6 Å². The van der Waals surface area contributed by atoms with E-state index < -0.39 is 41.0 Å². The first-order valence-electron chi connectivity index (χ1n) is 6.91. The number of nitro benzene ring substituents is 1. The number of phenolic OH excluding ortho intramolecular Hbond substituents is 1. The van der Waals surface area contributed by atoms with Crippen LogP contribution < -0.4 is 0 Å². The Bertz CT molecular complexity index is 569. The number of nitrogens with zero attached hydrogens (tertiary/aromatic N) is 1. The van der Waals surface area contributed by atoms with Gasteiger partial charge in [0.2, 0.25) is 0 Å². The van der Waals surface area contributed by atoms with E-state index in [1.807, 2.05) is 0 Å². The maximum Gasteiger partial charge on any atom is 0.287 e. The van der Waals surface area contributed by atoms with E-state index >= 15 is 0 Å². The molecule has 0 amide bonds. The first-order chi connectivity index (χ1) is 9.23. The van der Waals surface area contributed by atoms with Gasteiger partial charge in [-0.25, -0.2) is 0 Å². The van der Waals surface area contributed by atoms with Gasteiger partial charge in [0, 0.05) is 13.8 Å². The molecule has 0 spiro atoms. The molecule has 0 unspecified atom stereocenters. The van der Waals surface area contributed by atoms with Crippen LogP contribution in [0, 0.1) is 10.1 Å². The molecule has 0 fully saturated rings. The molecule has 1 aromatic rings. The third kappa shape index (κ3) is 2.47. The lowest BCUT2D eigenvalue weighted by molar-refractivity contribution is -0.385. The van der Waals surface area contributed by atoms with E-state index in [0.717, 1.165) is 19.1 Å². The summed E-state index contributed by atoms with van der Waals surface area (Å²) in [4.78, 5) is 9.99. The highest BCUT2D eigenvalue weighted by Crippen LogP contribution is 2.37. The Labute approximate surface area is 105 Å². The molecular formula is C10H12BrNO3. The molecular weight excluding hydrogens is 262 g/mol. The fourth-order valence-electron chi connectivity index (χ4n) is 1.09. The van der Waals surface area contributed by atoms with Gasteiger partial charge in [-0.3, -0.25) is 10.1 Å². The Hall–Kier alpha value is -1.10. The van der Waals surface area contributed by atoms with Gasteiger partial charge in [-0.05, 0) is 27.4 Å². The van der Waals surface area contributed by atoms with Gasteiger partial charge in [0.05, 0.1) is 15.5 Å². The smallest absolute Gasteiger partial charge is 0.287 e. The fourth-order valence-corrected chi connectivity index (χ4v) is 1.58. The number of hydrogen-bond acceptors (Lipinski definition) is 3. The van der Waals surface area contributed by atoms with Gasteiger partial charge in [-0.15, -0.1) is 0 Å². The molecule has 0 aliphatic heterocycles. The van der Waals surface area contributed by atoms with Gasteiger partial charge >= 0.3 is 0 Å². The van der Waals surface area contributed by atoms with Crippen LogP contribution in [0.15, 0.2) is 16.6 Å². The summed E-state index contributed by atoms with van der Waals surface area (Å²) in [5, 5.41) is 20.7. The number of benzene rings is 1. The summed E-state index contributed by atoms with van der Waals surface area (Å²) in [6, 6.07) is 1.70. The third-order valence-corrected chi connectivity index (χ3v) is 2.44. The Kier molecular flexibility index (Phi) is 1.48. The lowest BCUT2D eigenvalue weighted by Gasteiger charge is -2.20. The Morgan fingerprint density at radius 1 is 1.60 bits per heavy atom. The average Bonchev–Trinajstić information content (AvgIpc) is 2.27. The molecule has 5 heteroatoms. The van der Waals surface area contributed by atoms with Gasteiger partial charge in [0.15, 0.2) is 0 Å². The molecule has 4 nitrogen and oxygen atoms in total. The fraction of sp³-hybridized carbons (Fsp3) is 0.400. The minimum atomic E-state index is -2.95. The normalized spacial score (nSPS) is 19.1. The number of halogens is 1. The molecule has 0 saturated heterocycles. The average molecular weight is 280 g/mol. The minimum absolute atomic E-state index is 0.111. The van der Waals surface area contributed by atoms with E-state index in [0.29, 0.717) is 0 Å². The molecule has 0 atom stereocenters. The topological polar surface area (TPSA) is 63.4 Å². The molecule has 0 heterocycles. The quantitative estimate of drug-likeness (QED) is 0.633. The van der Waals surface area contributed by atoms with E-state index in [1.165, 1.54) is 0 Å². The minimum Gasteiger partial charge on any atom is -0.507 e. The SMILES string of the molecule is [2H]C([2H])([2H])C(C)(c1cc(Br)c([N+](=O)[O-])cc1O)C([2H])([2H])[2H]. The Morgan fingerprint density at radius 2 is 2.20 bits per heavy atom. The van der Waals surface area contributed by atoms with Gasteiger partial charge < -0.3 is 5.11 Å². The van der Waals surface area contributed by atoms with E-state index in [2.05, 4.69) is 15.9 Å². The molecule has 15 heavy (non-hydrogen) atoms. The van der Waals surface area contributed by atoms with Crippen LogP contribution in [0.2, 0.25) is 0 Å². The van der Waals surface area contributed by atoms with E-state index in [4.69, 9.17) is 8.22 Å². The van der Waals surface area contributed by atoms with Gasteiger partial charge in [0.1, 0.15) is 5.75 Å². The van der Waals surface area contributed by atoms with E-state index in [1.54, 1.807) is 0 Å². The summed E-state index contributed by atoms with van der Waals surface area (Å²) >= 11 is 2.89.